The third-order valence-electron chi connectivity index (χ3n) is 2.34. The van der Waals surface area contributed by atoms with Crippen molar-refractivity contribution in [1.29, 1.82) is 0 Å². The average Bonchev–Trinajstić information content (AvgIpc) is 2.18. The summed E-state index contributed by atoms with van der Waals surface area (Å²) in [6.07, 6.45) is 1.11. The molecular weight excluding hydrogens is 271 g/mol. The van der Waals surface area contributed by atoms with Gasteiger partial charge in [-0.25, -0.2) is 0 Å². The topological polar surface area (TPSA) is 0 Å². The maximum Gasteiger partial charge on any atom is 0.0168 e. The first-order valence-corrected chi connectivity index (χ1v) is 5.57. The van der Waals surface area contributed by atoms with E-state index in [9.17, 15) is 0 Å². The van der Waals surface area contributed by atoms with Crippen LogP contribution in [0.15, 0.2) is 36.4 Å². The summed E-state index contributed by atoms with van der Waals surface area (Å²) >= 11 is 2.41. The maximum absolute atomic E-state index is 2.41. The smallest absolute Gasteiger partial charge is 0.0168 e. The minimum atomic E-state index is 1.11. The Labute approximate surface area is 92.1 Å². The van der Waals surface area contributed by atoms with Crippen LogP contribution in [0, 0.1) is 3.57 Å². The Hall–Kier alpha value is -0.570. The predicted molar refractivity (Wildman–Crippen MR) is 66.0 cm³/mol. The van der Waals surface area contributed by atoms with Crippen LogP contribution in [0.5, 0.6) is 0 Å². The van der Waals surface area contributed by atoms with Gasteiger partial charge in [0.2, 0.25) is 0 Å². The van der Waals surface area contributed by atoms with Crippen molar-refractivity contribution < 1.29 is 0 Å². The van der Waals surface area contributed by atoms with Crippen LogP contribution in [0.4, 0.5) is 0 Å². The van der Waals surface area contributed by atoms with Gasteiger partial charge in [0.15, 0.2) is 0 Å². The molecule has 0 saturated heterocycles. The van der Waals surface area contributed by atoms with Crippen molar-refractivity contribution in [2.75, 3.05) is 0 Å². The summed E-state index contributed by atoms with van der Waals surface area (Å²) in [7, 11) is 0. The molecule has 13 heavy (non-hydrogen) atoms. The number of benzene rings is 2. The molecule has 0 aliphatic heterocycles. The van der Waals surface area contributed by atoms with Gasteiger partial charge in [0.1, 0.15) is 0 Å². The quantitative estimate of drug-likeness (QED) is 0.693. The van der Waals surface area contributed by atoms with Gasteiger partial charge in [-0.1, -0.05) is 37.3 Å². The highest BCUT2D eigenvalue weighted by molar-refractivity contribution is 14.1. The zero-order valence-corrected chi connectivity index (χ0v) is 9.71. The summed E-state index contributed by atoms with van der Waals surface area (Å²) < 4.78 is 1.37. The standard InChI is InChI=1S/C12H11I/c1-2-10-11-6-4-3-5-9(11)7-8-12(10)13/h3-8H,2H2,1H3. The lowest BCUT2D eigenvalue weighted by Crippen LogP contribution is -1.87. The van der Waals surface area contributed by atoms with Gasteiger partial charge in [-0.2, -0.15) is 0 Å². The lowest BCUT2D eigenvalue weighted by molar-refractivity contribution is 1.15. The van der Waals surface area contributed by atoms with Gasteiger partial charge < -0.3 is 0 Å². The monoisotopic (exact) mass is 282 g/mol. The molecule has 0 aliphatic carbocycles. The molecule has 0 amide bonds. The normalized spacial score (nSPS) is 10.6. The van der Waals surface area contributed by atoms with E-state index in [1.165, 1.54) is 19.9 Å². The highest BCUT2D eigenvalue weighted by Crippen LogP contribution is 2.23. The van der Waals surface area contributed by atoms with Crippen LogP contribution >= 0.6 is 22.6 Å². The van der Waals surface area contributed by atoms with Crippen molar-refractivity contribution in [1.82, 2.24) is 0 Å². The van der Waals surface area contributed by atoms with Crippen LogP contribution in [0.25, 0.3) is 10.8 Å². The molecule has 66 valence electrons. The molecule has 0 spiro atoms. The zero-order chi connectivity index (χ0) is 9.26. The fraction of sp³-hybridized carbons (Fsp3) is 0.167. The van der Waals surface area contributed by atoms with E-state index < -0.39 is 0 Å². The molecule has 0 atom stereocenters. The van der Waals surface area contributed by atoms with Crippen LogP contribution in [0.2, 0.25) is 0 Å². The number of hydrogen-bond acceptors (Lipinski definition) is 0. The molecule has 0 heterocycles. The number of halogens is 1. The third-order valence-corrected chi connectivity index (χ3v) is 3.35. The van der Waals surface area contributed by atoms with Crippen molar-refractivity contribution in [2.24, 2.45) is 0 Å². The van der Waals surface area contributed by atoms with Gasteiger partial charge in [-0.3, -0.25) is 0 Å². The Morgan fingerprint density at radius 2 is 1.85 bits per heavy atom. The molecule has 0 N–H and O–H groups in total. The highest BCUT2D eigenvalue weighted by atomic mass is 127. The van der Waals surface area contributed by atoms with Crippen molar-refractivity contribution in [2.45, 2.75) is 13.3 Å². The number of aryl methyl sites for hydroxylation is 1. The summed E-state index contributed by atoms with van der Waals surface area (Å²) in [5, 5.41) is 2.75. The van der Waals surface area contributed by atoms with Gasteiger partial charge in [0, 0.05) is 3.57 Å². The Bertz CT molecular complexity index is 432. The molecule has 0 nitrogen and oxygen atoms in total. The Morgan fingerprint density at radius 3 is 2.62 bits per heavy atom. The summed E-state index contributed by atoms with van der Waals surface area (Å²) in [5.74, 6) is 0. The summed E-state index contributed by atoms with van der Waals surface area (Å²) in [5.41, 5.74) is 1.47. The van der Waals surface area contributed by atoms with Gasteiger partial charge in [-0.05, 0) is 51.4 Å². The second kappa shape index (κ2) is 3.66. The first-order valence-electron chi connectivity index (χ1n) is 4.49. The predicted octanol–water partition coefficient (Wildman–Crippen LogP) is 4.01. The van der Waals surface area contributed by atoms with E-state index >= 15 is 0 Å². The second-order valence-corrected chi connectivity index (χ2v) is 4.26. The number of fused-ring (bicyclic) bond motifs is 1. The van der Waals surface area contributed by atoms with E-state index in [4.69, 9.17) is 0 Å². The van der Waals surface area contributed by atoms with Gasteiger partial charge in [0.25, 0.3) is 0 Å². The third kappa shape index (κ3) is 1.57. The summed E-state index contributed by atoms with van der Waals surface area (Å²) in [6.45, 7) is 2.21. The second-order valence-electron chi connectivity index (χ2n) is 3.10. The average molecular weight is 282 g/mol. The van der Waals surface area contributed by atoms with Crippen molar-refractivity contribution in [3.8, 4) is 0 Å². The van der Waals surface area contributed by atoms with Crippen LogP contribution in [0.1, 0.15) is 12.5 Å². The van der Waals surface area contributed by atoms with Gasteiger partial charge >= 0.3 is 0 Å². The maximum atomic E-state index is 2.41. The minimum absolute atomic E-state index is 1.11. The van der Waals surface area contributed by atoms with E-state index in [1.54, 1.807) is 0 Å². The fourth-order valence-corrected chi connectivity index (χ4v) is 2.52. The largest absolute Gasteiger partial charge is 0.0616 e. The Morgan fingerprint density at radius 1 is 1.08 bits per heavy atom. The minimum Gasteiger partial charge on any atom is -0.0616 e. The Balaban J connectivity index is 2.84. The van der Waals surface area contributed by atoms with Crippen molar-refractivity contribution in [3.63, 3.8) is 0 Å². The van der Waals surface area contributed by atoms with E-state index in [0.717, 1.165) is 6.42 Å². The molecule has 2 rings (SSSR count). The van der Waals surface area contributed by atoms with Crippen LogP contribution in [-0.2, 0) is 6.42 Å². The molecule has 0 saturated carbocycles. The van der Waals surface area contributed by atoms with Gasteiger partial charge in [-0.15, -0.1) is 0 Å². The van der Waals surface area contributed by atoms with E-state index in [1.807, 2.05) is 0 Å². The van der Waals surface area contributed by atoms with Crippen LogP contribution < -0.4 is 0 Å². The molecule has 0 fully saturated rings. The zero-order valence-electron chi connectivity index (χ0n) is 7.55. The molecule has 1 heteroatoms. The molecule has 2 aromatic carbocycles. The van der Waals surface area contributed by atoms with Crippen LogP contribution in [-0.4, -0.2) is 0 Å². The summed E-state index contributed by atoms with van der Waals surface area (Å²) in [4.78, 5) is 0. The van der Waals surface area contributed by atoms with E-state index in [2.05, 4.69) is 65.9 Å². The first kappa shape index (κ1) is 9.00. The molecule has 0 aliphatic rings. The molecule has 0 radical (unpaired) electrons. The van der Waals surface area contributed by atoms with Crippen molar-refractivity contribution in [3.05, 3.63) is 45.5 Å². The highest BCUT2D eigenvalue weighted by Gasteiger charge is 2.01. The van der Waals surface area contributed by atoms with E-state index in [-0.39, 0.29) is 0 Å². The molecule has 0 bridgehead atoms. The fourth-order valence-electron chi connectivity index (χ4n) is 1.67. The first-order chi connectivity index (χ1) is 6.33. The molecule has 0 aromatic heterocycles. The summed E-state index contributed by atoms with van der Waals surface area (Å²) in [6, 6.07) is 13.0. The van der Waals surface area contributed by atoms with Crippen LogP contribution in [0.3, 0.4) is 0 Å². The van der Waals surface area contributed by atoms with E-state index in [0.29, 0.717) is 0 Å². The SMILES string of the molecule is CCc1c(I)ccc2ccccc12. The van der Waals surface area contributed by atoms with Crippen molar-refractivity contribution >= 4 is 33.4 Å². The lowest BCUT2D eigenvalue weighted by atomic mass is 10.0. The Kier molecular flexibility index (Phi) is 2.54. The lowest BCUT2D eigenvalue weighted by Gasteiger charge is -2.06. The molecule has 2 aromatic rings. The number of rotatable bonds is 1. The molecular formula is C12H11I. The van der Waals surface area contributed by atoms with Gasteiger partial charge in [0.05, 0.1) is 0 Å². The molecule has 0 unspecified atom stereocenters. The number of hydrogen-bond donors (Lipinski definition) is 0.